The van der Waals surface area contributed by atoms with E-state index in [9.17, 15) is 8.78 Å². The van der Waals surface area contributed by atoms with Crippen molar-refractivity contribution in [2.75, 3.05) is 0 Å². The highest BCUT2D eigenvalue weighted by atomic mass is 79.9. The molecule has 0 aliphatic carbocycles. The summed E-state index contributed by atoms with van der Waals surface area (Å²) in [5.74, 6) is 4.71. The van der Waals surface area contributed by atoms with Gasteiger partial charge in [-0.2, -0.15) is 0 Å². The smallest absolute Gasteiger partial charge is 0.146 e. The molecule has 100 valence electrons. The average molecular weight is 328 g/mol. The molecule has 19 heavy (non-hydrogen) atoms. The number of hydrogen-bond acceptors (Lipinski definition) is 3. The minimum atomic E-state index is -0.424. The molecule has 2 aromatic rings. The lowest BCUT2D eigenvalue weighted by molar-refractivity contribution is 0.507. The first kappa shape index (κ1) is 14.0. The van der Waals surface area contributed by atoms with Crippen LogP contribution in [0.25, 0.3) is 0 Å². The van der Waals surface area contributed by atoms with Crippen LogP contribution in [-0.2, 0) is 6.42 Å². The first-order valence-corrected chi connectivity index (χ1v) is 6.40. The molecule has 1 atom stereocenters. The van der Waals surface area contributed by atoms with Crippen LogP contribution in [0.1, 0.15) is 17.2 Å². The molecule has 0 radical (unpaired) electrons. The Bertz CT molecular complexity index is 578. The molecule has 1 unspecified atom stereocenters. The molecule has 3 nitrogen and oxygen atoms in total. The van der Waals surface area contributed by atoms with Gasteiger partial charge in [-0.15, -0.1) is 0 Å². The summed E-state index contributed by atoms with van der Waals surface area (Å²) in [6.45, 7) is 0. The number of rotatable bonds is 4. The molecule has 0 bridgehead atoms. The van der Waals surface area contributed by atoms with Gasteiger partial charge < -0.3 is 0 Å². The summed E-state index contributed by atoms with van der Waals surface area (Å²) in [7, 11) is 0. The van der Waals surface area contributed by atoms with E-state index in [1.807, 2.05) is 0 Å². The summed E-state index contributed by atoms with van der Waals surface area (Å²) >= 11 is 3.12. The third-order valence-electron chi connectivity index (χ3n) is 2.80. The fourth-order valence-electron chi connectivity index (χ4n) is 1.83. The Morgan fingerprint density at radius 1 is 1.26 bits per heavy atom. The lowest BCUT2D eigenvalue weighted by Gasteiger charge is -2.17. The summed E-state index contributed by atoms with van der Waals surface area (Å²) in [6, 6.07) is 5.82. The van der Waals surface area contributed by atoms with Crippen LogP contribution < -0.4 is 11.3 Å². The zero-order valence-electron chi connectivity index (χ0n) is 9.91. The maximum absolute atomic E-state index is 13.6. The number of halogens is 3. The van der Waals surface area contributed by atoms with Crippen LogP contribution in [0.2, 0.25) is 0 Å². The van der Waals surface area contributed by atoms with Crippen molar-refractivity contribution in [3.05, 3.63) is 63.9 Å². The maximum Gasteiger partial charge on any atom is 0.146 e. The second-order valence-electron chi connectivity index (χ2n) is 4.07. The van der Waals surface area contributed by atoms with E-state index in [0.29, 0.717) is 16.5 Å². The van der Waals surface area contributed by atoms with Crippen molar-refractivity contribution in [2.24, 2.45) is 5.84 Å². The molecule has 3 N–H and O–H groups in total. The lowest BCUT2D eigenvalue weighted by Crippen LogP contribution is -2.30. The first-order chi connectivity index (χ1) is 9.11. The van der Waals surface area contributed by atoms with Gasteiger partial charge in [0.1, 0.15) is 11.6 Å². The van der Waals surface area contributed by atoms with E-state index >= 15 is 0 Å². The van der Waals surface area contributed by atoms with Crippen molar-refractivity contribution in [1.82, 2.24) is 10.4 Å². The molecule has 0 amide bonds. The molecular formula is C13H12BrF2N3. The fourth-order valence-corrected chi connectivity index (χ4v) is 2.26. The Morgan fingerprint density at radius 2 is 2.05 bits per heavy atom. The molecule has 2 rings (SSSR count). The number of nitrogens with two attached hydrogens (primary N) is 1. The van der Waals surface area contributed by atoms with E-state index < -0.39 is 11.9 Å². The molecule has 0 aliphatic heterocycles. The van der Waals surface area contributed by atoms with Crippen LogP contribution in [0.15, 0.2) is 41.1 Å². The van der Waals surface area contributed by atoms with Crippen LogP contribution >= 0.6 is 15.9 Å². The molecule has 1 heterocycles. The quantitative estimate of drug-likeness (QED) is 0.670. The SMILES string of the molecule is NNC(Cc1ccc(F)c(Br)c1)c1ccncc1F. The van der Waals surface area contributed by atoms with Crippen molar-refractivity contribution in [2.45, 2.75) is 12.5 Å². The van der Waals surface area contributed by atoms with Gasteiger partial charge in [-0.25, -0.2) is 8.78 Å². The van der Waals surface area contributed by atoms with Crippen LogP contribution in [0.3, 0.4) is 0 Å². The van der Waals surface area contributed by atoms with E-state index in [2.05, 4.69) is 26.3 Å². The minimum Gasteiger partial charge on any atom is -0.271 e. The predicted octanol–water partition coefficient (Wildman–Crippen LogP) is 2.87. The summed E-state index contributed by atoms with van der Waals surface area (Å²) in [6.07, 6.45) is 3.08. The highest BCUT2D eigenvalue weighted by Crippen LogP contribution is 2.23. The van der Waals surface area contributed by atoms with E-state index in [1.165, 1.54) is 12.3 Å². The number of nitrogens with zero attached hydrogens (tertiary/aromatic N) is 1. The van der Waals surface area contributed by atoms with Crippen molar-refractivity contribution in [1.29, 1.82) is 0 Å². The third kappa shape index (κ3) is 3.34. The molecular weight excluding hydrogens is 316 g/mol. The van der Waals surface area contributed by atoms with Crippen molar-refractivity contribution >= 4 is 15.9 Å². The second-order valence-corrected chi connectivity index (χ2v) is 4.92. The van der Waals surface area contributed by atoms with E-state index in [-0.39, 0.29) is 5.82 Å². The molecule has 1 aromatic heterocycles. The standard InChI is InChI=1S/C13H12BrF2N3/c14-10-5-8(1-2-11(10)15)6-13(19-17)9-3-4-18-7-12(9)16/h1-5,7,13,19H,6,17H2. The molecule has 0 spiro atoms. The van der Waals surface area contributed by atoms with Crippen LogP contribution in [-0.4, -0.2) is 4.98 Å². The van der Waals surface area contributed by atoms with E-state index in [1.54, 1.807) is 18.2 Å². The number of hydrazine groups is 1. The van der Waals surface area contributed by atoms with E-state index in [0.717, 1.165) is 11.8 Å². The normalized spacial score (nSPS) is 12.4. The third-order valence-corrected chi connectivity index (χ3v) is 3.41. The number of pyridine rings is 1. The lowest BCUT2D eigenvalue weighted by atomic mass is 10.00. The van der Waals surface area contributed by atoms with E-state index in [4.69, 9.17) is 5.84 Å². The van der Waals surface area contributed by atoms with Gasteiger partial charge in [-0.1, -0.05) is 6.07 Å². The number of hydrogen-bond donors (Lipinski definition) is 2. The summed E-state index contributed by atoms with van der Waals surface area (Å²) in [5.41, 5.74) is 3.83. The first-order valence-electron chi connectivity index (χ1n) is 5.61. The van der Waals surface area contributed by atoms with Gasteiger partial charge in [-0.05, 0) is 46.1 Å². The molecule has 1 aromatic carbocycles. The van der Waals surface area contributed by atoms with Gasteiger partial charge in [-0.3, -0.25) is 16.3 Å². The Labute approximate surface area is 117 Å². The van der Waals surface area contributed by atoms with Gasteiger partial charge in [0, 0.05) is 11.8 Å². The van der Waals surface area contributed by atoms with Gasteiger partial charge in [0.25, 0.3) is 0 Å². The molecule has 0 fully saturated rings. The Kier molecular flexibility index (Phi) is 4.57. The highest BCUT2D eigenvalue weighted by Gasteiger charge is 2.15. The van der Waals surface area contributed by atoms with Crippen molar-refractivity contribution in [3.63, 3.8) is 0 Å². The Morgan fingerprint density at radius 3 is 2.68 bits per heavy atom. The number of benzene rings is 1. The largest absolute Gasteiger partial charge is 0.271 e. The zero-order valence-corrected chi connectivity index (χ0v) is 11.5. The topological polar surface area (TPSA) is 50.9 Å². The van der Waals surface area contributed by atoms with Crippen molar-refractivity contribution < 1.29 is 8.78 Å². The molecule has 0 aliphatic rings. The Balaban J connectivity index is 2.24. The van der Waals surface area contributed by atoms with Crippen LogP contribution in [0.4, 0.5) is 8.78 Å². The van der Waals surface area contributed by atoms with Gasteiger partial charge in [0.15, 0.2) is 0 Å². The zero-order chi connectivity index (χ0) is 13.8. The Hall–Kier alpha value is -1.37. The summed E-state index contributed by atoms with van der Waals surface area (Å²) < 4.78 is 27.2. The highest BCUT2D eigenvalue weighted by molar-refractivity contribution is 9.10. The summed E-state index contributed by atoms with van der Waals surface area (Å²) in [4.78, 5) is 3.69. The minimum absolute atomic E-state index is 0.337. The monoisotopic (exact) mass is 327 g/mol. The van der Waals surface area contributed by atoms with Gasteiger partial charge in [0.2, 0.25) is 0 Å². The fraction of sp³-hybridized carbons (Fsp3) is 0.154. The predicted molar refractivity (Wildman–Crippen MR) is 72.1 cm³/mol. The number of nitrogens with one attached hydrogen (secondary N) is 1. The van der Waals surface area contributed by atoms with Gasteiger partial charge in [0.05, 0.1) is 16.7 Å². The second kappa shape index (κ2) is 6.18. The van der Waals surface area contributed by atoms with Gasteiger partial charge >= 0.3 is 0 Å². The number of aromatic nitrogens is 1. The molecule has 0 saturated heterocycles. The maximum atomic E-state index is 13.6. The molecule has 0 saturated carbocycles. The molecule has 6 heteroatoms. The van der Waals surface area contributed by atoms with Crippen LogP contribution in [0, 0.1) is 11.6 Å². The van der Waals surface area contributed by atoms with Crippen molar-refractivity contribution in [3.8, 4) is 0 Å². The van der Waals surface area contributed by atoms with Crippen LogP contribution in [0.5, 0.6) is 0 Å². The average Bonchev–Trinajstić information content (AvgIpc) is 2.41. The summed E-state index contributed by atoms with van der Waals surface area (Å²) in [5, 5.41) is 0.